The van der Waals surface area contributed by atoms with E-state index in [4.69, 9.17) is 4.74 Å². The van der Waals surface area contributed by atoms with Gasteiger partial charge in [0.05, 0.1) is 16.8 Å². The first-order chi connectivity index (χ1) is 19.2. The van der Waals surface area contributed by atoms with E-state index in [1.165, 1.54) is 10.7 Å². The van der Waals surface area contributed by atoms with Gasteiger partial charge in [0.1, 0.15) is 12.1 Å². The summed E-state index contributed by atoms with van der Waals surface area (Å²) in [4.78, 5) is 25.0. The minimum Gasteiger partial charge on any atom is -0.457 e. The van der Waals surface area contributed by atoms with Gasteiger partial charge in [-0.2, -0.15) is 15.2 Å². The molecule has 2 atom stereocenters. The zero-order valence-electron chi connectivity index (χ0n) is 22.7. The van der Waals surface area contributed by atoms with E-state index in [1.807, 2.05) is 19.2 Å². The van der Waals surface area contributed by atoms with Crippen LogP contribution < -0.4 is 20.3 Å². The van der Waals surface area contributed by atoms with Gasteiger partial charge in [0.2, 0.25) is 0 Å². The summed E-state index contributed by atoms with van der Waals surface area (Å²) in [6.45, 7) is 6.11. The van der Waals surface area contributed by atoms with Gasteiger partial charge >= 0.3 is 6.01 Å². The highest BCUT2D eigenvalue weighted by Crippen LogP contribution is 2.31. The fourth-order valence-corrected chi connectivity index (χ4v) is 5.31. The zero-order chi connectivity index (χ0) is 28.0. The molecule has 11 nitrogen and oxygen atoms in total. The number of amides is 1. The molecule has 12 heteroatoms. The number of hydrogen-bond donors (Lipinski definition) is 2. The summed E-state index contributed by atoms with van der Waals surface area (Å²) in [5, 5.41) is 16.0. The van der Waals surface area contributed by atoms with Crippen molar-refractivity contribution >= 4 is 39.1 Å². The maximum absolute atomic E-state index is 14.7. The molecule has 40 heavy (non-hydrogen) atoms. The SMILES string of the molecule is C[C@@H]1CN(c2ccc(C(=O)Nc3cc(F)c4nn(C)cc4c3)c3nc(OCc4ccnn4C)ncc23)C[C@@H](C)N1. The number of fused-ring (bicyclic) bond motifs is 2. The molecule has 4 heterocycles. The number of hydrogen-bond acceptors (Lipinski definition) is 8. The number of halogens is 1. The standard InChI is InChI=1S/C28H30FN9O2/c1-16-12-38(13-17(2)32-16)24-6-5-21(27(39)33-19-9-18-14-36(3)35-25(18)23(29)10-19)26-22(24)11-30-28(34-26)40-15-20-7-8-31-37(20)4/h5-11,14,16-17,32H,12-13,15H2,1-4H3,(H,33,39)/t16-,17-/m1/s1. The first-order valence-corrected chi connectivity index (χ1v) is 13.1. The van der Waals surface area contributed by atoms with Crippen molar-refractivity contribution in [1.82, 2.24) is 34.8 Å². The molecule has 0 aliphatic carbocycles. The van der Waals surface area contributed by atoms with Gasteiger partial charge in [0.15, 0.2) is 5.82 Å². The van der Waals surface area contributed by atoms with Crippen molar-refractivity contribution in [2.24, 2.45) is 14.1 Å². The van der Waals surface area contributed by atoms with Crippen molar-refractivity contribution < 1.29 is 13.9 Å². The predicted molar refractivity (Wildman–Crippen MR) is 150 cm³/mol. The van der Waals surface area contributed by atoms with E-state index in [9.17, 15) is 9.18 Å². The number of benzene rings is 2. The quantitative estimate of drug-likeness (QED) is 0.335. The average molecular weight is 544 g/mol. The van der Waals surface area contributed by atoms with Crippen LogP contribution in [0.1, 0.15) is 29.9 Å². The Morgan fingerprint density at radius 3 is 2.70 bits per heavy atom. The summed E-state index contributed by atoms with van der Waals surface area (Å²) in [6.07, 6.45) is 5.09. The van der Waals surface area contributed by atoms with Crippen LogP contribution in [0.2, 0.25) is 0 Å². The molecule has 1 aliphatic rings. The summed E-state index contributed by atoms with van der Waals surface area (Å²) in [5.74, 6) is -0.929. The highest BCUT2D eigenvalue weighted by molar-refractivity contribution is 6.14. The number of aryl methyl sites for hydroxylation is 2. The number of aromatic nitrogens is 6. The van der Waals surface area contributed by atoms with Crippen LogP contribution in [0.15, 0.2) is 48.9 Å². The summed E-state index contributed by atoms with van der Waals surface area (Å²) in [6, 6.07) is 9.22. The fourth-order valence-electron chi connectivity index (χ4n) is 5.31. The Labute approximate surface area is 230 Å². The molecule has 0 radical (unpaired) electrons. The Balaban J connectivity index is 1.38. The molecule has 1 aliphatic heterocycles. The second-order valence-electron chi connectivity index (χ2n) is 10.3. The van der Waals surface area contributed by atoms with Crippen LogP contribution in [0.5, 0.6) is 6.01 Å². The summed E-state index contributed by atoms with van der Waals surface area (Å²) in [7, 11) is 3.55. The van der Waals surface area contributed by atoms with Gasteiger partial charge in [-0.1, -0.05) is 0 Å². The molecular formula is C28H30FN9O2. The van der Waals surface area contributed by atoms with Crippen molar-refractivity contribution in [1.29, 1.82) is 0 Å². The monoisotopic (exact) mass is 543 g/mol. The summed E-state index contributed by atoms with van der Waals surface area (Å²) >= 11 is 0. The number of anilines is 2. The lowest BCUT2D eigenvalue weighted by Crippen LogP contribution is -2.54. The lowest BCUT2D eigenvalue weighted by molar-refractivity contribution is 0.102. The first-order valence-electron chi connectivity index (χ1n) is 13.1. The normalized spacial score (nSPS) is 17.5. The minimum absolute atomic E-state index is 0.143. The van der Waals surface area contributed by atoms with Crippen LogP contribution in [0.3, 0.4) is 0 Å². The van der Waals surface area contributed by atoms with Crippen LogP contribution in [0, 0.1) is 5.82 Å². The third-order valence-electron chi connectivity index (χ3n) is 7.05. The van der Waals surface area contributed by atoms with Gasteiger partial charge in [0, 0.05) is 80.0 Å². The minimum atomic E-state index is -0.510. The molecule has 1 fully saturated rings. The van der Waals surface area contributed by atoms with Crippen LogP contribution in [0.25, 0.3) is 21.8 Å². The maximum atomic E-state index is 14.7. The second kappa shape index (κ2) is 10.2. The van der Waals surface area contributed by atoms with Crippen molar-refractivity contribution in [3.8, 4) is 6.01 Å². The van der Waals surface area contributed by atoms with Crippen LogP contribution >= 0.6 is 0 Å². The zero-order valence-corrected chi connectivity index (χ0v) is 22.7. The number of ether oxygens (including phenoxy) is 1. The smallest absolute Gasteiger partial charge is 0.317 e. The Kier molecular flexibility index (Phi) is 6.54. The van der Waals surface area contributed by atoms with Gasteiger partial charge in [-0.25, -0.2) is 9.37 Å². The number of rotatable bonds is 6. The average Bonchev–Trinajstić information content (AvgIpc) is 3.50. The molecule has 1 saturated heterocycles. The Hall–Kier alpha value is -4.58. The molecule has 206 valence electrons. The van der Waals surface area contributed by atoms with E-state index >= 15 is 0 Å². The van der Waals surface area contributed by atoms with Gasteiger partial charge < -0.3 is 20.3 Å². The summed E-state index contributed by atoms with van der Waals surface area (Å²) < 4.78 is 23.8. The molecule has 2 aromatic carbocycles. The third kappa shape index (κ3) is 4.93. The fraction of sp³-hybridized carbons (Fsp3) is 0.321. The van der Waals surface area contributed by atoms with Crippen molar-refractivity contribution in [3.63, 3.8) is 0 Å². The predicted octanol–water partition coefficient (Wildman–Crippen LogP) is 3.41. The van der Waals surface area contributed by atoms with E-state index in [0.29, 0.717) is 34.2 Å². The van der Waals surface area contributed by atoms with Crippen molar-refractivity contribution in [3.05, 3.63) is 66.0 Å². The second-order valence-corrected chi connectivity index (χ2v) is 10.3. The van der Waals surface area contributed by atoms with Gasteiger partial charge in [-0.05, 0) is 44.2 Å². The number of carbonyl (C=O) groups is 1. The number of nitrogens with zero attached hydrogens (tertiary/aromatic N) is 7. The number of piperazine rings is 1. The van der Waals surface area contributed by atoms with Gasteiger partial charge in [-0.3, -0.25) is 14.2 Å². The maximum Gasteiger partial charge on any atom is 0.317 e. The molecule has 0 spiro atoms. The van der Waals surface area contributed by atoms with Crippen molar-refractivity contribution in [2.45, 2.75) is 32.5 Å². The highest BCUT2D eigenvalue weighted by Gasteiger charge is 2.25. The van der Waals surface area contributed by atoms with E-state index in [1.54, 1.807) is 42.5 Å². The molecule has 1 amide bonds. The lowest BCUT2D eigenvalue weighted by Gasteiger charge is -2.38. The van der Waals surface area contributed by atoms with Gasteiger partial charge in [-0.15, -0.1) is 0 Å². The largest absolute Gasteiger partial charge is 0.457 e. The van der Waals surface area contributed by atoms with Crippen LogP contribution in [-0.2, 0) is 20.7 Å². The molecule has 3 aromatic heterocycles. The van der Waals surface area contributed by atoms with E-state index in [2.05, 4.69) is 49.5 Å². The van der Waals surface area contributed by atoms with Crippen molar-refractivity contribution in [2.75, 3.05) is 23.3 Å². The highest BCUT2D eigenvalue weighted by atomic mass is 19.1. The number of carbonyl (C=O) groups excluding carboxylic acids is 1. The Bertz CT molecular complexity index is 1720. The molecule has 6 rings (SSSR count). The molecule has 0 unspecified atom stereocenters. The Morgan fingerprint density at radius 2 is 1.95 bits per heavy atom. The molecule has 0 saturated carbocycles. The molecule has 2 N–H and O–H groups in total. The van der Waals surface area contributed by atoms with E-state index in [0.717, 1.165) is 29.9 Å². The topological polar surface area (TPSA) is 115 Å². The third-order valence-corrected chi connectivity index (χ3v) is 7.05. The van der Waals surface area contributed by atoms with E-state index in [-0.39, 0.29) is 18.1 Å². The summed E-state index contributed by atoms with van der Waals surface area (Å²) in [5.41, 5.74) is 3.14. The Morgan fingerprint density at radius 1 is 1.15 bits per heavy atom. The molecular weight excluding hydrogens is 513 g/mol. The van der Waals surface area contributed by atoms with Crippen LogP contribution in [0.4, 0.5) is 15.8 Å². The molecule has 5 aromatic rings. The van der Waals surface area contributed by atoms with Crippen LogP contribution in [-0.4, -0.2) is 60.6 Å². The molecule has 0 bridgehead atoms. The van der Waals surface area contributed by atoms with E-state index < -0.39 is 11.7 Å². The van der Waals surface area contributed by atoms with Gasteiger partial charge in [0.25, 0.3) is 5.91 Å². The lowest BCUT2D eigenvalue weighted by atomic mass is 10.0. The first kappa shape index (κ1) is 25.7. The number of nitrogens with one attached hydrogen (secondary N) is 2.